The lowest BCUT2D eigenvalue weighted by Gasteiger charge is -2.18. The van der Waals surface area contributed by atoms with Crippen LogP contribution in [0.15, 0.2) is 11.6 Å². The van der Waals surface area contributed by atoms with E-state index in [0.717, 1.165) is 40.9 Å². The Morgan fingerprint density at radius 2 is 2.26 bits per heavy atom. The number of thiazole rings is 1. The molecule has 19 heavy (non-hydrogen) atoms. The van der Waals surface area contributed by atoms with Crippen LogP contribution in [0.4, 0.5) is 0 Å². The summed E-state index contributed by atoms with van der Waals surface area (Å²) in [5, 5.41) is 11.7. The average Bonchev–Trinajstić information content (AvgIpc) is 2.95. The Morgan fingerprint density at radius 3 is 2.84 bits per heavy atom. The van der Waals surface area contributed by atoms with E-state index in [0.29, 0.717) is 0 Å². The van der Waals surface area contributed by atoms with Gasteiger partial charge in [-0.05, 0) is 20.4 Å². The Kier molecular flexibility index (Phi) is 4.96. The van der Waals surface area contributed by atoms with Crippen LogP contribution in [-0.4, -0.2) is 21.3 Å². The van der Waals surface area contributed by atoms with Crippen molar-refractivity contribution in [3.63, 3.8) is 0 Å². The number of nitrogens with one attached hydrogen (secondary N) is 1. The van der Waals surface area contributed by atoms with E-state index in [4.69, 9.17) is 11.6 Å². The van der Waals surface area contributed by atoms with E-state index in [1.807, 2.05) is 11.6 Å². The lowest BCUT2D eigenvalue weighted by Crippen LogP contribution is -2.26. The Labute approximate surface area is 122 Å². The van der Waals surface area contributed by atoms with Crippen LogP contribution < -0.4 is 5.32 Å². The van der Waals surface area contributed by atoms with Gasteiger partial charge in [0, 0.05) is 24.0 Å². The summed E-state index contributed by atoms with van der Waals surface area (Å²) in [5.74, 6) is 0. The van der Waals surface area contributed by atoms with Crippen molar-refractivity contribution in [2.45, 2.75) is 39.8 Å². The molecule has 0 amide bonds. The predicted octanol–water partition coefficient (Wildman–Crippen LogP) is 3.21. The molecule has 0 spiro atoms. The largest absolute Gasteiger partial charge is 0.309 e. The lowest BCUT2D eigenvalue weighted by molar-refractivity contribution is 0.489. The number of halogens is 1. The maximum Gasteiger partial charge on any atom is 0.0947 e. The molecule has 0 radical (unpaired) electrons. The average molecular weight is 299 g/mol. The van der Waals surface area contributed by atoms with E-state index < -0.39 is 0 Å². The Balaban J connectivity index is 2.26. The molecule has 2 heterocycles. The van der Waals surface area contributed by atoms with E-state index in [9.17, 15) is 0 Å². The van der Waals surface area contributed by atoms with Crippen molar-refractivity contribution in [1.82, 2.24) is 20.1 Å². The second kappa shape index (κ2) is 6.50. The molecule has 0 fully saturated rings. The van der Waals surface area contributed by atoms with Crippen molar-refractivity contribution in [3.05, 3.63) is 33.0 Å². The molecule has 0 saturated heterocycles. The first kappa shape index (κ1) is 14.5. The summed E-state index contributed by atoms with van der Waals surface area (Å²) >= 11 is 7.98. The number of hydrogen-bond donors (Lipinski definition) is 1. The molecule has 104 valence electrons. The molecule has 0 aliphatic carbocycles. The molecule has 0 aliphatic heterocycles. The van der Waals surface area contributed by atoms with Gasteiger partial charge in [-0.3, -0.25) is 4.68 Å². The molecule has 6 heteroatoms. The highest BCUT2D eigenvalue weighted by molar-refractivity contribution is 7.09. The molecule has 0 saturated carbocycles. The number of aryl methyl sites for hydroxylation is 2. The van der Waals surface area contributed by atoms with Crippen LogP contribution in [0.1, 0.15) is 36.3 Å². The van der Waals surface area contributed by atoms with Crippen molar-refractivity contribution in [2.24, 2.45) is 0 Å². The minimum Gasteiger partial charge on any atom is -0.309 e. The Morgan fingerprint density at radius 1 is 1.47 bits per heavy atom. The summed E-state index contributed by atoms with van der Waals surface area (Å²) in [5.41, 5.74) is 2.13. The van der Waals surface area contributed by atoms with Crippen LogP contribution in [0.5, 0.6) is 0 Å². The number of hydrogen-bond acceptors (Lipinski definition) is 4. The normalized spacial score (nSPS) is 12.8. The molecule has 1 atom stereocenters. The monoisotopic (exact) mass is 298 g/mol. The molecule has 2 aromatic heterocycles. The smallest absolute Gasteiger partial charge is 0.0947 e. The van der Waals surface area contributed by atoms with Crippen molar-refractivity contribution in [3.8, 4) is 0 Å². The van der Waals surface area contributed by atoms with Gasteiger partial charge < -0.3 is 5.32 Å². The van der Waals surface area contributed by atoms with Gasteiger partial charge in [0.2, 0.25) is 0 Å². The van der Waals surface area contributed by atoms with Crippen LogP contribution in [0, 0.1) is 6.92 Å². The molecule has 1 N–H and O–H groups in total. The van der Waals surface area contributed by atoms with Gasteiger partial charge in [-0.25, -0.2) is 4.98 Å². The first-order valence-electron chi connectivity index (χ1n) is 6.51. The summed E-state index contributed by atoms with van der Waals surface area (Å²) in [7, 11) is 0. The highest BCUT2D eigenvalue weighted by atomic mass is 35.5. The SMILES string of the molecule is CCNC(Cc1nc(C)cs1)c1c(Cl)cnn1CC. The first-order valence-corrected chi connectivity index (χ1v) is 7.77. The van der Waals surface area contributed by atoms with Crippen molar-refractivity contribution in [2.75, 3.05) is 6.54 Å². The van der Waals surface area contributed by atoms with Crippen molar-refractivity contribution >= 4 is 22.9 Å². The zero-order valence-electron chi connectivity index (χ0n) is 11.5. The highest BCUT2D eigenvalue weighted by Crippen LogP contribution is 2.26. The number of rotatable bonds is 6. The van der Waals surface area contributed by atoms with Gasteiger partial charge in [-0.2, -0.15) is 5.10 Å². The van der Waals surface area contributed by atoms with Crippen LogP contribution in [0.2, 0.25) is 5.02 Å². The second-order valence-corrected chi connectivity index (χ2v) is 5.74. The number of likely N-dealkylation sites (N-methyl/N-ethyl adjacent to an activating group) is 1. The van der Waals surface area contributed by atoms with Gasteiger partial charge in [0.05, 0.1) is 28.0 Å². The summed E-state index contributed by atoms with van der Waals surface area (Å²) < 4.78 is 1.95. The topological polar surface area (TPSA) is 42.7 Å². The molecule has 2 aromatic rings. The van der Waals surface area contributed by atoms with Gasteiger partial charge >= 0.3 is 0 Å². The van der Waals surface area contributed by atoms with Crippen LogP contribution >= 0.6 is 22.9 Å². The van der Waals surface area contributed by atoms with Crippen molar-refractivity contribution < 1.29 is 0 Å². The maximum atomic E-state index is 6.29. The third-order valence-electron chi connectivity index (χ3n) is 2.96. The summed E-state index contributed by atoms with van der Waals surface area (Å²) in [4.78, 5) is 4.53. The molecule has 0 bridgehead atoms. The minimum absolute atomic E-state index is 0.158. The fourth-order valence-corrected chi connectivity index (χ4v) is 3.25. The number of aromatic nitrogens is 3. The maximum absolute atomic E-state index is 6.29. The molecular weight excluding hydrogens is 280 g/mol. The summed E-state index contributed by atoms with van der Waals surface area (Å²) in [6.45, 7) is 7.90. The van der Waals surface area contributed by atoms with Crippen molar-refractivity contribution in [1.29, 1.82) is 0 Å². The lowest BCUT2D eigenvalue weighted by atomic mass is 10.1. The van der Waals surface area contributed by atoms with E-state index >= 15 is 0 Å². The second-order valence-electron chi connectivity index (χ2n) is 4.39. The minimum atomic E-state index is 0.158. The molecular formula is C13H19ClN4S. The van der Waals surface area contributed by atoms with Gasteiger partial charge in [0.25, 0.3) is 0 Å². The zero-order chi connectivity index (χ0) is 13.8. The van der Waals surface area contributed by atoms with Crippen LogP contribution in [-0.2, 0) is 13.0 Å². The van der Waals surface area contributed by atoms with Gasteiger partial charge in [0.1, 0.15) is 0 Å². The third kappa shape index (κ3) is 3.35. The zero-order valence-corrected chi connectivity index (χ0v) is 13.1. The van der Waals surface area contributed by atoms with E-state index in [2.05, 4.69) is 34.6 Å². The third-order valence-corrected chi connectivity index (χ3v) is 4.24. The highest BCUT2D eigenvalue weighted by Gasteiger charge is 2.20. The summed E-state index contributed by atoms with van der Waals surface area (Å²) in [6, 6.07) is 0.158. The van der Waals surface area contributed by atoms with Gasteiger partial charge in [-0.1, -0.05) is 18.5 Å². The Hall–Kier alpha value is -0.910. The van der Waals surface area contributed by atoms with E-state index in [1.165, 1.54) is 0 Å². The van der Waals surface area contributed by atoms with Gasteiger partial charge in [0.15, 0.2) is 0 Å². The standard InChI is InChI=1S/C13H19ClN4S/c1-4-15-11(6-12-17-9(3)8-19-12)13-10(14)7-16-18(13)5-2/h7-8,11,15H,4-6H2,1-3H3. The molecule has 0 aliphatic rings. The van der Waals surface area contributed by atoms with E-state index in [1.54, 1.807) is 17.5 Å². The Bertz CT molecular complexity index is 534. The van der Waals surface area contributed by atoms with E-state index in [-0.39, 0.29) is 6.04 Å². The first-order chi connectivity index (χ1) is 9.15. The van der Waals surface area contributed by atoms with Gasteiger partial charge in [-0.15, -0.1) is 11.3 Å². The number of nitrogens with zero attached hydrogens (tertiary/aromatic N) is 3. The molecule has 1 unspecified atom stereocenters. The van der Waals surface area contributed by atoms with Crippen LogP contribution in [0.25, 0.3) is 0 Å². The predicted molar refractivity (Wildman–Crippen MR) is 79.9 cm³/mol. The quantitative estimate of drug-likeness (QED) is 0.890. The fourth-order valence-electron chi connectivity index (χ4n) is 2.15. The molecule has 4 nitrogen and oxygen atoms in total. The van der Waals surface area contributed by atoms with Crippen LogP contribution in [0.3, 0.4) is 0 Å². The molecule has 0 aromatic carbocycles. The fraction of sp³-hybridized carbons (Fsp3) is 0.538. The summed E-state index contributed by atoms with van der Waals surface area (Å²) in [6.07, 6.45) is 2.57. The molecule has 2 rings (SSSR count).